The molecule has 2 heterocycles. The molecule has 1 aromatic heterocycles. The van der Waals surface area contributed by atoms with Gasteiger partial charge in [0.15, 0.2) is 4.32 Å². The summed E-state index contributed by atoms with van der Waals surface area (Å²) in [5.74, 6) is -0.876. The Morgan fingerprint density at radius 2 is 2.06 bits per heavy atom. The third-order valence-electron chi connectivity index (χ3n) is 4.16. The van der Waals surface area contributed by atoms with E-state index >= 15 is 0 Å². The number of halogens is 2. The number of hydrogen-bond acceptors (Lipinski definition) is 7. The molecule has 2 aromatic carbocycles. The number of ether oxygens (including phenoxy) is 1. The topological polar surface area (TPSA) is 55.3 Å². The molecule has 0 atom stereocenters. The fourth-order valence-electron chi connectivity index (χ4n) is 2.77. The number of nitrogens with zero attached hydrogens (tertiary/aromatic N) is 3. The van der Waals surface area contributed by atoms with E-state index in [4.69, 9.17) is 28.6 Å². The first-order chi connectivity index (χ1) is 14.9. The summed E-state index contributed by atoms with van der Waals surface area (Å²) in [7, 11) is 0. The van der Waals surface area contributed by atoms with Gasteiger partial charge in [0.05, 0.1) is 16.8 Å². The molecule has 156 valence electrons. The predicted octanol–water partition coefficient (Wildman–Crippen LogP) is 6.19. The lowest BCUT2D eigenvalue weighted by molar-refractivity contribution is -0.113. The van der Waals surface area contributed by atoms with Crippen molar-refractivity contribution in [3.63, 3.8) is 0 Å². The first-order valence-electron chi connectivity index (χ1n) is 8.82. The zero-order valence-electron chi connectivity index (χ0n) is 15.9. The molecule has 1 aliphatic heterocycles. The molecule has 0 unspecified atom stereocenters. The molecule has 10 heteroatoms. The average molecular weight is 490 g/mol. The molecule has 0 radical (unpaired) electrons. The van der Waals surface area contributed by atoms with E-state index in [0.717, 1.165) is 16.8 Å². The highest BCUT2D eigenvalue weighted by molar-refractivity contribution is 8.27. The number of aromatic nitrogens is 2. The van der Waals surface area contributed by atoms with Crippen LogP contribution in [0.2, 0.25) is 5.28 Å². The second-order valence-electron chi connectivity index (χ2n) is 6.19. The van der Waals surface area contributed by atoms with Crippen LogP contribution < -0.4 is 9.64 Å². The molecule has 0 bridgehead atoms. The standard InChI is InChI=1S/C21H13ClFN3O2S3/c1-30-15-7-3-5-13(10-15)26-19(27)17(31-21(26)29)9-12-4-2-6-14(8-12)28-18-16(23)11-24-20(22)25-18/h2-11H,1H3/b17-9+. The summed E-state index contributed by atoms with van der Waals surface area (Å²) in [5.41, 5.74) is 1.42. The van der Waals surface area contributed by atoms with Gasteiger partial charge < -0.3 is 4.74 Å². The molecule has 0 spiro atoms. The maximum absolute atomic E-state index is 13.8. The number of carbonyl (C=O) groups is 1. The summed E-state index contributed by atoms with van der Waals surface area (Å²) < 4.78 is 19.8. The van der Waals surface area contributed by atoms with E-state index in [9.17, 15) is 9.18 Å². The van der Waals surface area contributed by atoms with Crippen molar-refractivity contribution >= 4 is 69.3 Å². The molecule has 1 fully saturated rings. The summed E-state index contributed by atoms with van der Waals surface area (Å²) >= 11 is 14.0. The number of carbonyl (C=O) groups excluding carboxylic acids is 1. The third-order valence-corrected chi connectivity index (χ3v) is 6.37. The van der Waals surface area contributed by atoms with Crippen LogP contribution in [0.5, 0.6) is 11.6 Å². The molecule has 4 rings (SSSR count). The maximum Gasteiger partial charge on any atom is 0.270 e. The number of amides is 1. The molecule has 1 amide bonds. The zero-order valence-corrected chi connectivity index (χ0v) is 19.1. The number of thiocarbonyl (C=S) groups is 1. The van der Waals surface area contributed by atoms with Gasteiger partial charge in [-0.2, -0.15) is 9.37 Å². The molecule has 0 N–H and O–H groups in total. The van der Waals surface area contributed by atoms with Crippen molar-refractivity contribution in [3.05, 3.63) is 76.3 Å². The number of rotatable bonds is 5. The number of hydrogen-bond donors (Lipinski definition) is 0. The zero-order chi connectivity index (χ0) is 22.0. The number of benzene rings is 2. The molecule has 1 saturated heterocycles. The largest absolute Gasteiger partial charge is 0.436 e. The van der Waals surface area contributed by atoms with Crippen molar-refractivity contribution in [3.8, 4) is 11.6 Å². The van der Waals surface area contributed by atoms with Gasteiger partial charge in [0.25, 0.3) is 11.8 Å². The molecule has 0 aliphatic carbocycles. The Hall–Kier alpha value is -2.46. The molecule has 3 aromatic rings. The fraction of sp³-hybridized carbons (Fsp3) is 0.0476. The minimum atomic E-state index is -0.733. The van der Waals surface area contributed by atoms with Crippen LogP contribution >= 0.6 is 47.3 Å². The lowest BCUT2D eigenvalue weighted by atomic mass is 10.2. The second-order valence-corrected chi connectivity index (χ2v) is 9.08. The van der Waals surface area contributed by atoms with Crippen LogP contribution in [-0.4, -0.2) is 26.5 Å². The highest BCUT2D eigenvalue weighted by Gasteiger charge is 2.33. The van der Waals surface area contributed by atoms with Gasteiger partial charge in [0.1, 0.15) is 5.75 Å². The van der Waals surface area contributed by atoms with E-state index < -0.39 is 5.82 Å². The van der Waals surface area contributed by atoms with Crippen molar-refractivity contribution in [2.45, 2.75) is 4.90 Å². The van der Waals surface area contributed by atoms with E-state index in [1.165, 1.54) is 16.7 Å². The Morgan fingerprint density at radius 1 is 1.26 bits per heavy atom. The van der Waals surface area contributed by atoms with Crippen molar-refractivity contribution in [1.29, 1.82) is 0 Å². The number of thioether (sulfide) groups is 2. The van der Waals surface area contributed by atoms with Crippen LogP contribution in [0.4, 0.5) is 10.1 Å². The fourth-order valence-corrected chi connectivity index (χ4v) is 4.65. The van der Waals surface area contributed by atoms with Gasteiger partial charge in [-0.1, -0.05) is 42.2 Å². The van der Waals surface area contributed by atoms with Crippen LogP contribution in [0.25, 0.3) is 6.08 Å². The van der Waals surface area contributed by atoms with Gasteiger partial charge in [-0.15, -0.1) is 11.8 Å². The second kappa shape index (κ2) is 9.35. The summed E-state index contributed by atoms with van der Waals surface area (Å²) in [6, 6.07) is 14.5. The highest BCUT2D eigenvalue weighted by atomic mass is 35.5. The lowest BCUT2D eigenvalue weighted by Crippen LogP contribution is -2.27. The van der Waals surface area contributed by atoms with Gasteiger partial charge in [0, 0.05) is 4.90 Å². The highest BCUT2D eigenvalue weighted by Crippen LogP contribution is 2.37. The van der Waals surface area contributed by atoms with E-state index in [1.807, 2.05) is 30.5 Å². The van der Waals surface area contributed by atoms with E-state index in [-0.39, 0.29) is 17.1 Å². The normalized spacial score (nSPS) is 15.1. The average Bonchev–Trinajstić information content (AvgIpc) is 3.04. The lowest BCUT2D eigenvalue weighted by Gasteiger charge is -2.15. The van der Waals surface area contributed by atoms with Crippen molar-refractivity contribution < 1.29 is 13.9 Å². The van der Waals surface area contributed by atoms with Crippen molar-refractivity contribution in [1.82, 2.24) is 9.97 Å². The van der Waals surface area contributed by atoms with E-state index in [1.54, 1.807) is 42.1 Å². The van der Waals surface area contributed by atoms with E-state index in [2.05, 4.69) is 9.97 Å². The quantitative estimate of drug-likeness (QED) is 0.183. The Balaban J connectivity index is 1.59. The monoisotopic (exact) mass is 489 g/mol. The molecule has 1 aliphatic rings. The Bertz CT molecular complexity index is 1220. The Kier molecular flexibility index (Phi) is 6.57. The maximum atomic E-state index is 13.8. The van der Waals surface area contributed by atoms with Crippen LogP contribution in [0, 0.1) is 5.82 Å². The van der Waals surface area contributed by atoms with Gasteiger partial charge in [-0.3, -0.25) is 9.69 Å². The molecule has 31 heavy (non-hydrogen) atoms. The SMILES string of the molecule is CSc1cccc(N2C(=O)/C(=C\c3cccc(Oc4nc(Cl)ncc4F)c3)SC2=S)c1. The summed E-state index contributed by atoms with van der Waals surface area (Å²) in [6.07, 6.45) is 4.62. The summed E-state index contributed by atoms with van der Waals surface area (Å²) in [6.45, 7) is 0. The van der Waals surface area contributed by atoms with Crippen LogP contribution in [0.1, 0.15) is 5.56 Å². The summed E-state index contributed by atoms with van der Waals surface area (Å²) in [5, 5.41) is -0.123. The molecular formula is C21H13ClFN3O2S3. The van der Waals surface area contributed by atoms with Crippen molar-refractivity contribution in [2.75, 3.05) is 11.2 Å². The van der Waals surface area contributed by atoms with Crippen LogP contribution in [-0.2, 0) is 4.79 Å². The molecule has 0 saturated carbocycles. The van der Waals surface area contributed by atoms with Crippen LogP contribution in [0.15, 0.2) is 64.5 Å². The van der Waals surface area contributed by atoms with Crippen LogP contribution in [0.3, 0.4) is 0 Å². The first-order valence-corrected chi connectivity index (χ1v) is 11.7. The molecule has 5 nitrogen and oxygen atoms in total. The first kappa shape index (κ1) is 21.8. The minimum absolute atomic E-state index is 0.123. The van der Waals surface area contributed by atoms with E-state index in [0.29, 0.717) is 20.5 Å². The molecular weight excluding hydrogens is 477 g/mol. The number of anilines is 1. The minimum Gasteiger partial charge on any atom is -0.436 e. The summed E-state index contributed by atoms with van der Waals surface area (Å²) in [4.78, 5) is 23.3. The van der Waals surface area contributed by atoms with Gasteiger partial charge in [0.2, 0.25) is 11.1 Å². The predicted molar refractivity (Wildman–Crippen MR) is 127 cm³/mol. The van der Waals surface area contributed by atoms with Crippen molar-refractivity contribution in [2.24, 2.45) is 0 Å². The Morgan fingerprint density at radius 3 is 2.87 bits per heavy atom. The third kappa shape index (κ3) is 4.90. The van der Waals surface area contributed by atoms with Gasteiger partial charge >= 0.3 is 0 Å². The Labute approximate surface area is 196 Å². The smallest absolute Gasteiger partial charge is 0.270 e. The van der Waals surface area contributed by atoms with Gasteiger partial charge in [-0.25, -0.2) is 4.98 Å². The van der Waals surface area contributed by atoms with Gasteiger partial charge in [-0.05, 0) is 59.8 Å².